The van der Waals surface area contributed by atoms with Gasteiger partial charge in [-0.2, -0.15) is 5.26 Å². The zero-order chi connectivity index (χ0) is 21.3. The average molecular weight is 402 g/mol. The molecule has 1 aliphatic rings. The smallest absolute Gasteiger partial charge is 0.404 e. The minimum atomic E-state index is -0.737. The standard InChI is InChI=1S/C24H26N4O2/c1-15-16(2)27-23-18(14-25)10-11-19(22(15)23)28-12-6-9-21(30-24(26)29)20(28)13-17-7-4-3-5-8-17/h3-5,7-8,10-11,20-21,27H,6,9,12-13H2,1-2H3,(H2,26,29)/t20-,21?/m0/s1. The summed E-state index contributed by atoms with van der Waals surface area (Å²) in [6.45, 7) is 4.95. The molecule has 2 heterocycles. The van der Waals surface area contributed by atoms with Gasteiger partial charge in [-0.05, 0) is 56.4 Å². The molecule has 3 aromatic rings. The van der Waals surface area contributed by atoms with Gasteiger partial charge in [0.25, 0.3) is 0 Å². The molecule has 1 unspecified atom stereocenters. The van der Waals surface area contributed by atoms with E-state index >= 15 is 0 Å². The number of nitriles is 1. The van der Waals surface area contributed by atoms with Crippen molar-refractivity contribution >= 4 is 22.7 Å². The Bertz CT molecular complexity index is 1110. The number of anilines is 1. The first-order valence-electron chi connectivity index (χ1n) is 10.3. The topological polar surface area (TPSA) is 95.1 Å². The normalized spacial score (nSPS) is 18.9. The lowest BCUT2D eigenvalue weighted by molar-refractivity contribution is 0.0722. The molecule has 3 N–H and O–H groups in total. The van der Waals surface area contributed by atoms with E-state index in [-0.39, 0.29) is 12.1 Å². The van der Waals surface area contributed by atoms with Crippen LogP contribution >= 0.6 is 0 Å². The van der Waals surface area contributed by atoms with Crippen LogP contribution in [0.4, 0.5) is 10.5 Å². The van der Waals surface area contributed by atoms with Crippen molar-refractivity contribution in [3.63, 3.8) is 0 Å². The van der Waals surface area contributed by atoms with Crippen molar-refractivity contribution in [1.82, 2.24) is 4.98 Å². The molecule has 1 aromatic heterocycles. The Balaban J connectivity index is 1.82. The van der Waals surface area contributed by atoms with Gasteiger partial charge < -0.3 is 20.4 Å². The summed E-state index contributed by atoms with van der Waals surface area (Å²) in [6, 6.07) is 16.4. The molecule has 2 aromatic carbocycles. The van der Waals surface area contributed by atoms with Crippen molar-refractivity contribution in [2.24, 2.45) is 5.73 Å². The number of carbonyl (C=O) groups excluding carboxylic acids is 1. The number of hydrogen-bond acceptors (Lipinski definition) is 4. The summed E-state index contributed by atoms with van der Waals surface area (Å²) in [5, 5.41) is 10.6. The first kappa shape index (κ1) is 19.8. The number of aromatic amines is 1. The van der Waals surface area contributed by atoms with Crippen LogP contribution in [0.15, 0.2) is 42.5 Å². The lowest BCUT2D eigenvalue weighted by Gasteiger charge is -2.42. The molecular weight excluding hydrogens is 376 g/mol. The Hall–Kier alpha value is -3.46. The van der Waals surface area contributed by atoms with E-state index in [4.69, 9.17) is 10.5 Å². The summed E-state index contributed by atoms with van der Waals surface area (Å²) < 4.78 is 5.56. The number of ether oxygens (including phenoxy) is 1. The summed E-state index contributed by atoms with van der Waals surface area (Å²) in [4.78, 5) is 17.3. The molecular formula is C24H26N4O2. The van der Waals surface area contributed by atoms with E-state index in [9.17, 15) is 10.1 Å². The van der Waals surface area contributed by atoms with Gasteiger partial charge in [-0.25, -0.2) is 4.79 Å². The third-order valence-corrected chi connectivity index (χ3v) is 6.14. The fourth-order valence-electron chi connectivity index (χ4n) is 4.61. The maximum absolute atomic E-state index is 11.6. The highest BCUT2D eigenvalue weighted by molar-refractivity contribution is 5.99. The summed E-state index contributed by atoms with van der Waals surface area (Å²) in [7, 11) is 0. The number of carbonyl (C=O) groups is 1. The van der Waals surface area contributed by atoms with Crippen molar-refractivity contribution in [2.45, 2.75) is 45.3 Å². The van der Waals surface area contributed by atoms with E-state index in [1.807, 2.05) is 37.3 Å². The first-order valence-corrected chi connectivity index (χ1v) is 10.3. The van der Waals surface area contributed by atoms with Crippen molar-refractivity contribution in [1.29, 1.82) is 5.26 Å². The van der Waals surface area contributed by atoms with Crippen LogP contribution in [0.1, 0.15) is 35.2 Å². The highest BCUT2D eigenvalue weighted by Crippen LogP contribution is 2.37. The van der Waals surface area contributed by atoms with E-state index in [1.54, 1.807) is 0 Å². The summed E-state index contributed by atoms with van der Waals surface area (Å²) in [5.41, 5.74) is 11.3. The summed E-state index contributed by atoms with van der Waals surface area (Å²) in [6.07, 6.45) is 1.39. The Morgan fingerprint density at radius 1 is 1.27 bits per heavy atom. The zero-order valence-electron chi connectivity index (χ0n) is 17.3. The number of nitrogens with one attached hydrogen (secondary N) is 1. The van der Waals surface area contributed by atoms with Gasteiger partial charge in [0, 0.05) is 23.3 Å². The second-order valence-corrected chi connectivity index (χ2v) is 7.94. The van der Waals surface area contributed by atoms with E-state index in [0.29, 0.717) is 5.56 Å². The number of nitrogens with zero attached hydrogens (tertiary/aromatic N) is 2. The monoisotopic (exact) mass is 402 g/mol. The minimum absolute atomic E-state index is 0.0422. The molecule has 0 radical (unpaired) electrons. The van der Waals surface area contributed by atoms with Crippen LogP contribution in [0, 0.1) is 25.2 Å². The minimum Gasteiger partial charge on any atom is -0.444 e. The predicted octanol–water partition coefficient (Wildman–Crippen LogP) is 4.33. The quantitative estimate of drug-likeness (QED) is 0.679. The van der Waals surface area contributed by atoms with Gasteiger partial charge in [0.05, 0.1) is 17.1 Å². The SMILES string of the molecule is Cc1[nH]c2c(C#N)ccc(N3CCCC(OC(N)=O)[C@@H]3Cc3ccccc3)c2c1C. The summed E-state index contributed by atoms with van der Waals surface area (Å²) >= 11 is 0. The fraction of sp³-hybridized carbons (Fsp3) is 0.333. The van der Waals surface area contributed by atoms with Crippen LogP contribution in [0.5, 0.6) is 0 Å². The molecule has 0 spiro atoms. The first-order chi connectivity index (χ1) is 14.5. The number of amides is 1. The van der Waals surface area contributed by atoms with Crippen LogP contribution in [0.3, 0.4) is 0 Å². The number of rotatable bonds is 4. The van der Waals surface area contributed by atoms with Gasteiger partial charge in [0.1, 0.15) is 12.2 Å². The molecule has 0 saturated carbocycles. The molecule has 6 heteroatoms. The molecule has 1 saturated heterocycles. The van der Waals surface area contributed by atoms with Gasteiger partial charge in [0.2, 0.25) is 0 Å². The lowest BCUT2D eigenvalue weighted by atomic mass is 9.91. The second kappa shape index (κ2) is 8.11. The van der Waals surface area contributed by atoms with Crippen molar-refractivity contribution in [2.75, 3.05) is 11.4 Å². The number of aromatic nitrogens is 1. The van der Waals surface area contributed by atoms with Crippen molar-refractivity contribution < 1.29 is 9.53 Å². The highest BCUT2D eigenvalue weighted by atomic mass is 16.6. The van der Waals surface area contributed by atoms with Crippen molar-refractivity contribution in [3.05, 3.63) is 64.8 Å². The number of aryl methyl sites for hydroxylation is 2. The second-order valence-electron chi connectivity index (χ2n) is 7.94. The zero-order valence-corrected chi connectivity index (χ0v) is 17.3. The number of nitrogens with two attached hydrogens (primary N) is 1. The van der Waals surface area contributed by atoms with Crippen LogP contribution in [-0.2, 0) is 11.2 Å². The molecule has 1 aliphatic heterocycles. The molecule has 6 nitrogen and oxygen atoms in total. The third-order valence-electron chi connectivity index (χ3n) is 6.14. The number of H-pyrrole nitrogens is 1. The number of fused-ring (bicyclic) bond motifs is 1. The Morgan fingerprint density at radius 3 is 2.73 bits per heavy atom. The lowest BCUT2D eigenvalue weighted by Crippen LogP contribution is -2.51. The largest absolute Gasteiger partial charge is 0.444 e. The third kappa shape index (κ3) is 3.59. The number of primary amides is 1. The predicted molar refractivity (Wildman–Crippen MR) is 117 cm³/mol. The van der Waals surface area contributed by atoms with E-state index in [0.717, 1.165) is 53.7 Å². The molecule has 30 heavy (non-hydrogen) atoms. The average Bonchev–Trinajstić information content (AvgIpc) is 3.04. The van der Waals surface area contributed by atoms with Crippen LogP contribution in [0.25, 0.3) is 10.9 Å². The molecule has 1 amide bonds. The number of hydrogen-bond donors (Lipinski definition) is 2. The highest BCUT2D eigenvalue weighted by Gasteiger charge is 2.35. The van der Waals surface area contributed by atoms with Gasteiger partial charge >= 0.3 is 6.09 Å². The maximum atomic E-state index is 11.6. The Morgan fingerprint density at radius 2 is 2.03 bits per heavy atom. The van der Waals surface area contributed by atoms with Gasteiger partial charge in [0.15, 0.2) is 0 Å². The van der Waals surface area contributed by atoms with Gasteiger partial charge in [-0.15, -0.1) is 0 Å². The van der Waals surface area contributed by atoms with Gasteiger partial charge in [-0.1, -0.05) is 30.3 Å². The number of benzene rings is 2. The molecule has 0 bridgehead atoms. The van der Waals surface area contributed by atoms with E-state index in [2.05, 4.69) is 35.0 Å². The van der Waals surface area contributed by atoms with Crippen LogP contribution in [-0.4, -0.2) is 29.8 Å². The van der Waals surface area contributed by atoms with Crippen LogP contribution in [0.2, 0.25) is 0 Å². The molecule has 2 atom stereocenters. The fourth-order valence-corrected chi connectivity index (χ4v) is 4.61. The Kier molecular flexibility index (Phi) is 5.37. The number of piperidine rings is 1. The molecule has 154 valence electrons. The molecule has 0 aliphatic carbocycles. The Labute approximate surface area is 176 Å². The van der Waals surface area contributed by atoms with E-state index in [1.165, 1.54) is 5.56 Å². The van der Waals surface area contributed by atoms with E-state index < -0.39 is 6.09 Å². The summed E-state index contributed by atoms with van der Waals surface area (Å²) in [5.74, 6) is 0. The van der Waals surface area contributed by atoms with Crippen molar-refractivity contribution in [3.8, 4) is 6.07 Å². The molecule has 1 fully saturated rings. The maximum Gasteiger partial charge on any atom is 0.404 e. The van der Waals surface area contributed by atoms with Crippen LogP contribution < -0.4 is 10.6 Å². The van der Waals surface area contributed by atoms with Gasteiger partial charge in [-0.3, -0.25) is 0 Å². The molecule has 4 rings (SSSR count).